The van der Waals surface area contributed by atoms with Gasteiger partial charge in [0.15, 0.2) is 0 Å². The average Bonchev–Trinajstić information content (AvgIpc) is 2.84. The van der Waals surface area contributed by atoms with Crippen molar-refractivity contribution in [2.75, 3.05) is 0 Å². The molecule has 4 heteroatoms. The highest BCUT2D eigenvalue weighted by molar-refractivity contribution is 7.07. The Morgan fingerprint density at radius 2 is 1.54 bits per heavy atom. The molecule has 3 aliphatic carbocycles. The predicted molar refractivity (Wildman–Crippen MR) is 157 cm³/mol. The number of rotatable bonds is 9. The maximum Gasteiger partial charge on any atom is 0.261 e. The van der Waals surface area contributed by atoms with Gasteiger partial charge in [-0.25, -0.2) is 0 Å². The van der Waals surface area contributed by atoms with Crippen LogP contribution in [0.25, 0.3) is 0 Å². The van der Waals surface area contributed by atoms with Gasteiger partial charge in [-0.1, -0.05) is 122 Å². The van der Waals surface area contributed by atoms with E-state index in [-0.39, 0.29) is 17.3 Å². The van der Waals surface area contributed by atoms with Crippen LogP contribution in [0.1, 0.15) is 74.1 Å². The first-order chi connectivity index (χ1) is 16.5. The van der Waals surface area contributed by atoms with Gasteiger partial charge in [-0.15, -0.1) is 0 Å². The van der Waals surface area contributed by atoms with Crippen LogP contribution in [0.3, 0.4) is 0 Å². The first-order valence-electron chi connectivity index (χ1n) is 13.9. The van der Waals surface area contributed by atoms with Crippen LogP contribution in [0.5, 0.6) is 0 Å². The predicted octanol–water partition coefficient (Wildman–Crippen LogP) is 8.03. The van der Waals surface area contributed by atoms with E-state index in [2.05, 4.69) is 109 Å². The fraction of sp³-hybridized carbons (Fsp3) is 0.613. The highest BCUT2D eigenvalue weighted by Crippen LogP contribution is 2.65. The van der Waals surface area contributed by atoms with E-state index in [1.807, 2.05) is 0 Å². The zero-order valence-corrected chi connectivity index (χ0v) is 24.8. The zero-order valence-electron chi connectivity index (χ0n) is 23.1. The highest BCUT2D eigenvalue weighted by atomic mass is 35.5. The molecule has 5 rings (SSSR count). The van der Waals surface area contributed by atoms with E-state index in [1.54, 1.807) is 0 Å². The van der Waals surface area contributed by atoms with Gasteiger partial charge in [0, 0.05) is 6.10 Å². The van der Waals surface area contributed by atoms with E-state index in [0.29, 0.717) is 11.2 Å². The molecule has 0 aromatic heterocycles. The number of hydrogen-bond acceptors (Lipinski definition) is 1. The summed E-state index contributed by atoms with van der Waals surface area (Å²) in [7, 11) is -2.52. The topological polar surface area (TPSA) is 9.23 Å². The zero-order chi connectivity index (χ0) is 25.4. The maximum atomic E-state index is 7.43. The standard InChI is InChI=1S/C31H46BClOSi/c1-8-25(19-20-32(33)29-22-24-21-28(23(29)2)31(24,6)7)34-35(30(3,4)5,26-15-11-9-12-16-26)27-17-13-10-14-18-27/h9-18,23-25,28-29H,8,19-22H2,1-7H3/t23?,24-,25?,28+,29?/m0/s1. The second kappa shape index (κ2) is 10.4. The summed E-state index contributed by atoms with van der Waals surface area (Å²) in [6.07, 6.45) is 6.31. The Kier molecular flexibility index (Phi) is 8.02. The smallest absolute Gasteiger partial charge is 0.261 e. The number of hydrogen-bond donors (Lipinski definition) is 0. The van der Waals surface area contributed by atoms with Gasteiger partial charge in [-0.3, -0.25) is 0 Å². The van der Waals surface area contributed by atoms with Crippen LogP contribution >= 0.6 is 11.5 Å². The molecule has 1 nitrogen and oxygen atoms in total. The summed E-state index contributed by atoms with van der Waals surface area (Å²) in [5.41, 5.74) is 0.519. The van der Waals surface area contributed by atoms with Crippen molar-refractivity contribution in [1.82, 2.24) is 0 Å². The fourth-order valence-corrected chi connectivity index (χ4v) is 12.8. The Hall–Kier alpha value is -1.03. The SMILES string of the molecule is CCC(CCB(Cl)C1C[C@@H]2C[C@H](C1C)C2(C)C)O[Si](c1ccccc1)(c1ccccc1)C(C)(C)C. The third-order valence-electron chi connectivity index (χ3n) is 9.86. The van der Waals surface area contributed by atoms with Gasteiger partial charge in [0.05, 0.1) is 0 Å². The summed E-state index contributed by atoms with van der Waals surface area (Å²) in [4.78, 5) is 0. The second-order valence-corrected chi connectivity index (χ2v) is 17.8. The first kappa shape index (κ1) is 27.0. The molecule has 0 spiro atoms. The van der Waals surface area contributed by atoms with Crippen LogP contribution in [-0.2, 0) is 4.43 Å². The molecular formula is C31H46BClOSi. The van der Waals surface area contributed by atoms with Gasteiger partial charge in [0.1, 0.15) is 0 Å². The molecule has 190 valence electrons. The molecule has 3 fully saturated rings. The van der Waals surface area contributed by atoms with Crippen LogP contribution in [0.2, 0.25) is 17.2 Å². The summed E-state index contributed by atoms with van der Waals surface area (Å²) < 4.78 is 7.43. The summed E-state index contributed by atoms with van der Waals surface area (Å²) in [6.45, 7) is 16.8. The number of halogens is 1. The Labute approximate surface area is 221 Å². The van der Waals surface area contributed by atoms with Crippen molar-refractivity contribution in [3.8, 4) is 0 Å². The lowest BCUT2D eigenvalue weighted by molar-refractivity contribution is -0.0988. The summed E-state index contributed by atoms with van der Waals surface area (Å²) in [5.74, 6) is 3.10. The molecule has 3 unspecified atom stereocenters. The first-order valence-corrected chi connectivity index (χ1v) is 16.3. The molecule has 0 aliphatic heterocycles. The van der Waals surface area contributed by atoms with Crippen molar-refractivity contribution in [3.05, 3.63) is 60.7 Å². The van der Waals surface area contributed by atoms with Crippen molar-refractivity contribution in [1.29, 1.82) is 0 Å². The Morgan fingerprint density at radius 1 is 1.00 bits per heavy atom. The van der Waals surface area contributed by atoms with Crippen molar-refractivity contribution in [2.24, 2.45) is 23.2 Å². The quantitative estimate of drug-likeness (QED) is 0.311. The van der Waals surface area contributed by atoms with Gasteiger partial charge in [0.2, 0.25) is 0 Å². The largest absolute Gasteiger partial charge is 0.405 e. The number of benzene rings is 2. The molecular weight excluding hydrogens is 463 g/mol. The lowest BCUT2D eigenvalue weighted by atomic mass is 9.36. The van der Waals surface area contributed by atoms with E-state index in [9.17, 15) is 0 Å². The summed E-state index contributed by atoms with van der Waals surface area (Å²) in [5, 5.41) is 2.74. The van der Waals surface area contributed by atoms with Gasteiger partial charge in [-0.05, 0) is 63.7 Å². The molecule has 0 N–H and O–H groups in total. The molecule has 0 radical (unpaired) electrons. The normalized spacial score (nSPS) is 26.6. The third-order valence-corrected chi connectivity index (χ3v) is 15.5. The van der Waals surface area contributed by atoms with E-state index in [1.165, 1.54) is 23.2 Å². The van der Waals surface area contributed by atoms with Crippen molar-refractivity contribution < 1.29 is 4.43 Å². The minimum absolute atomic E-state index is 0.00817. The average molecular weight is 509 g/mol. The van der Waals surface area contributed by atoms with Gasteiger partial charge in [-0.2, -0.15) is 11.5 Å². The third kappa shape index (κ3) is 4.95. The fourth-order valence-electron chi connectivity index (χ4n) is 7.51. The molecule has 2 aromatic rings. The van der Waals surface area contributed by atoms with Gasteiger partial charge >= 0.3 is 0 Å². The second-order valence-electron chi connectivity index (χ2n) is 13.0. The molecule has 3 saturated carbocycles. The van der Waals surface area contributed by atoms with Crippen LogP contribution in [0, 0.1) is 23.2 Å². The van der Waals surface area contributed by atoms with Gasteiger partial charge < -0.3 is 4.43 Å². The Bertz CT molecular complexity index is 917. The molecule has 0 saturated heterocycles. The number of fused-ring (bicyclic) bond motifs is 2. The van der Waals surface area contributed by atoms with Crippen molar-refractivity contribution in [2.45, 2.75) is 97.4 Å². The molecule has 3 aliphatic rings. The monoisotopic (exact) mass is 508 g/mol. The molecule has 5 atom stereocenters. The van der Waals surface area contributed by atoms with E-state index in [0.717, 1.165) is 36.9 Å². The molecule has 2 aromatic carbocycles. The van der Waals surface area contributed by atoms with E-state index in [4.69, 9.17) is 15.9 Å². The van der Waals surface area contributed by atoms with E-state index >= 15 is 0 Å². The van der Waals surface area contributed by atoms with Gasteiger partial charge in [0.25, 0.3) is 14.4 Å². The van der Waals surface area contributed by atoms with Crippen LogP contribution in [0.4, 0.5) is 0 Å². The van der Waals surface area contributed by atoms with Crippen LogP contribution < -0.4 is 10.4 Å². The van der Waals surface area contributed by atoms with Crippen LogP contribution in [-0.4, -0.2) is 20.5 Å². The summed E-state index contributed by atoms with van der Waals surface area (Å²) in [6, 6.07) is 22.1. The van der Waals surface area contributed by atoms with E-state index < -0.39 is 8.32 Å². The lowest BCUT2D eigenvalue weighted by Gasteiger charge is -2.62. The molecule has 2 bridgehead atoms. The minimum atomic E-state index is -2.52. The van der Waals surface area contributed by atoms with Crippen molar-refractivity contribution in [3.63, 3.8) is 0 Å². The highest BCUT2D eigenvalue weighted by Gasteiger charge is 2.57. The lowest BCUT2D eigenvalue weighted by Crippen LogP contribution is -2.67. The molecule has 0 heterocycles. The molecule has 35 heavy (non-hydrogen) atoms. The Balaban J connectivity index is 1.55. The van der Waals surface area contributed by atoms with Crippen molar-refractivity contribution >= 4 is 36.3 Å². The van der Waals surface area contributed by atoms with Crippen LogP contribution in [0.15, 0.2) is 60.7 Å². The molecule has 0 amide bonds. The Morgan fingerprint density at radius 3 is 1.97 bits per heavy atom. The maximum absolute atomic E-state index is 7.43. The minimum Gasteiger partial charge on any atom is -0.405 e. The summed E-state index contributed by atoms with van der Waals surface area (Å²) >= 11 is 7.19.